The second-order valence-corrected chi connectivity index (χ2v) is 5.05. The minimum absolute atomic E-state index is 0.238. The summed E-state index contributed by atoms with van der Waals surface area (Å²) >= 11 is 6.01. The van der Waals surface area contributed by atoms with Crippen molar-refractivity contribution in [1.82, 2.24) is 5.32 Å². The lowest BCUT2D eigenvalue weighted by atomic mass is 10.2. The summed E-state index contributed by atoms with van der Waals surface area (Å²) < 4.78 is 6.02. The average molecular weight is 270 g/mol. The van der Waals surface area contributed by atoms with E-state index < -0.39 is 0 Å². The van der Waals surface area contributed by atoms with Gasteiger partial charge in [-0.2, -0.15) is 0 Å². The van der Waals surface area contributed by atoms with E-state index in [2.05, 4.69) is 19.2 Å². The molecule has 0 aliphatic heterocycles. The van der Waals surface area contributed by atoms with E-state index in [1.54, 1.807) is 0 Å². The molecular formula is C15H24ClNO. The Morgan fingerprint density at radius 1 is 1.28 bits per heavy atom. The van der Waals surface area contributed by atoms with Gasteiger partial charge in [-0.05, 0) is 50.1 Å². The van der Waals surface area contributed by atoms with Crippen LogP contribution >= 0.6 is 11.6 Å². The van der Waals surface area contributed by atoms with Gasteiger partial charge in [-0.3, -0.25) is 0 Å². The molecule has 1 unspecified atom stereocenters. The zero-order valence-electron chi connectivity index (χ0n) is 11.6. The Labute approximate surface area is 116 Å². The molecule has 1 atom stereocenters. The van der Waals surface area contributed by atoms with Crippen LogP contribution in [0.1, 0.15) is 38.7 Å². The van der Waals surface area contributed by atoms with Gasteiger partial charge < -0.3 is 10.1 Å². The van der Waals surface area contributed by atoms with Gasteiger partial charge in [0.25, 0.3) is 0 Å². The summed E-state index contributed by atoms with van der Waals surface area (Å²) in [4.78, 5) is 0. The van der Waals surface area contributed by atoms with Crippen molar-refractivity contribution in [3.05, 3.63) is 28.8 Å². The molecule has 0 spiro atoms. The van der Waals surface area contributed by atoms with Crippen LogP contribution in [0.25, 0.3) is 0 Å². The van der Waals surface area contributed by atoms with Crippen molar-refractivity contribution < 1.29 is 4.74 Å². The number of hydrogen-bond acceptors (Lipinski definition) is 2. The summed E-state index contributed by atoms with van der Waals surface area (Å²) in [5.74, 6) is 0.911. The molecule has 18 heavy (non-hydrogen) atoms. The van der Waals surface area contributed by atoms with E-state index in [0.717, 1.165) is 48.7 Å². The minimum Gasteiger partial charge on any atom is -0.489 e. The van der Waals surface area contributed by atoms with Crippen molar-refractivity contribution >= 4 is 11.6 Å². The SMILES string of the molecule is CCCNCC(CCC)Oc1ccc(Cl)c(C)c1. The van der Waals surface area contributed by atoms with Crippen molar-refractivity contribution in [3.8, 4) is 5.75 Å². The molecule has 0 amide bonds. The molecule has 0 saturated carbocycles. The van der Waals surface area contributed by atoms with E-state index in [0.29, 0.717) is 0 Å². The molecule has 2 nitrogen and oxygen atoms in total. The van der Waals surface area contributed by atoms with Crippen molar-refractivity contribution in [2.75, 3.05) is 13.1 Å². The van der Waals surface area contributed by atoms with Gasteiger partial charge in [-0.25, -0.2) is 0 Å². The van der Waals surface area contributed by atoms with Gasteiger partial charge >= 0.3 is 0 Å². The Hall–Kier alpha value is -0.730. The van der Waals surface area contributed by atoms with Crippen LogP contribution < -0.4 is 10.1 Å². The quantitative estimate of drug-likeness (QED) is 0.715. The Morgan fingerprint density at radius 2 is 2.06 bits per heavy atom. The summed E-state index contributed by atoms with van der Waals surface area (Å²) in [5, 5.41) is 4.21. The van der Waals surface area contributed by atoms with Crippen molar-refractivity contribution in [3.63, 3.8) is 0 Å². The number of benzene rings is 1. The average Bonchev–Trinajstić information content (AvgIpc) is 2.34. The number of halogens is 1. The van der Waals surface area contributed by atoms with E-state index >= 15 is 0 Å². The van der Waals surface area contributed by atoms with E-state index in [9.17, 15) is 0 Å². The third kappa shape index (κ3) is 5.28. The van der Waals surface area contributed by atoms with Crippen LogP contribution in [0.5, 0.6) is 5.75 Å². The predicted octanol–water partition coefficient (Wildman–Crippen LogP) is 4.20. The highest BCUT2D eigenvalue weighted by Crippen LogP contribution is 2.22. The molecule has 0 saturated heterocycles. The Balaban J connectivity index is 2.55. The first kappa shape index (κ1) is 15.3. The Morgan fingerprint density at radius 3 is 2.67 bits per heavy atom. The number of hydrogen-bond donors (Lipinski definition) is 1. The molecule has 0 aliphatic rings. The van der Waals surface area contributed by atoms with Gasteiger partial charge in [0.2, 0.25) is 0 Å². The summed E-state index contributed by atoms with van der Waals surface area (Å²) in [6.45, 7) is 8.31. The fourth-order valence-corrected chi connectivity index (χ4v) is 1.96. The second-order valence-electron chi connectivity index (χ2n) is 4.64. The van der Waals surface area contributed by atoms with Crippen LogP contribution in [0, 0.1) is 6.92 Å². The molecule has 3 heteroatoms. The maximum absolute atomic E-state index is 6.02. The first-order valence-electron chi connectivity index (χ1n) is 6.80. The van der Waals surface area contributed by atoms with Gasteiger partial charge in [0.15, 0.2) is 0 Å². The van der Waals surface area contributed by atoms with Crippen molar-refractivity contribution in [2.45, 2.75) is 46.1 Å². The molecule has 1 aromatic rings. The molecule has 0 aromatic heterocycles. The van der Waals surface area contributed by atoms with Crippen LogP contribution in [0.4, 0.5) is 0 Å². The monoisotopic (exact) mass is 269 g/mol. The lowest BCUT2D eigenvalue weighted by molar-refractivity contribution is 0.186. The molecule has 1 N–H and O–H groups in total. The van der Waals surface area contributed by atoms with E-state index in [4.69, 9.17) is 16.3 Å². The summed E-state index contributed by atoms with van der Waals surface area (Å²) in [6, 6.07) is 5.84. The highest BCUT2D eigenvalue weighted by Gasteiger charge is 2.09. The van der Waals surface area contributed by atoms with Crippen LogP contribution in [0.3, 0.4) is 0 Å². The zero-order chi connectivity index (χ0) is 13.4. The molecule has 1 aromatic carbocycles. The number of aryl methyl sites for hydroxylation is 1. The summed E-state index contributed by atoms with van der Waals surface area (Å²) in [5.41, 5.74) is 1.06. The van der Waals surface area contributed by atoms with Crippen molar-refractivity contribution in [2.24, 2.45) is 0 Å². The van der Waals surface area contributed by atoms with Gasteiger partial charge in [-0.1, -0.05) is 31.9 Å². The molecule has 0 bridgehead atoms. The van der Waals surface area contributed by atoms with Crippen LogP contribution in [-0.4, -0.2) is 19.2 Å². The third-order valence-electron chi connectivity index (χ3n) is 2.84. The highest BCUT2D eigenvalue weighted by atomic mass is 35.5. The molecular weight excluding hydrogens is 246 g/mol. The lowest BCUT2D eigenvalue weighted by Gasteiger charge is -2.19. The van der Waals surface area contributed by atoms with E-state index in [1.807, 2.05) is 25.1 Å². The maximum atomic E-state index is 6.02. The van der Waals surface area contributed by atoms with Gasteiger partial charge in [0.1, 0.15) is 11.9 Å². The maximum Gasteiger partial charge on any atom is 0.120 e. The van der Waals surface area contributed by atoms with Crippen LogP contribution in [0.15, 0.2) is 18.2 Å². The van der Waals surface area contributed by atoms with Crippen molar-refractivity contribution in [1.29, 1.82) is 0 Å². The summed E-state index contributed by atoms with van der Waals surface area (Å²) in [7, 11) is 0. The first-order valence-corrected chi connectivity index (χ1v) is 7.18. The van der Waals surface area contributed by atoms with Gasteiger partial charge in [0, 0.05) is 11.6 Å². The number of nitrogens with one attached hydrogen (secondary N) is 1. The highest BCUT2D eigenvalue weighted by molar-refractivity contribution is 6.31. The molecule has 0 fully saturated rings. The van der Waals surface area contributed by atoms with Crippen LogP contribution in [-0.2, 0) is 0 Å². The Bertz CT molecular complexity index is 354. The van der Waals surface area contributed by atoms with E-state index in [-0.39, 0.29) is 6.10 Å². The normalized spacial score (nSPS) is 12.4. The Kier molecular flexibility index (Phi) is 7.14. The molecule has 1 rings (SSSR count). The lowest BCUT2D eigenvalue weighted by Crippen LogP contribution is -2.31. The largest absolute Gasteiger partial charge is 0.489 e. The third-order valence-corrected chi connectivity index (χ3v) is 3.27. The zero-order valence-corrected chi connectivity index (χ0v) is 12.4. The predicted molar refractivity (Wildman–Crippen MR) is 78.7 cm³/mol. The first-order chi connectivity index (χ1) is 8.67. The van der Waals surface area contributed by atoms with Crippen LogP contribution in [0.2, 0.25) is 5.02 Å². The number of rotatable bonds is 8. The van der Waals surface area contributed by atoms with E-state index in [1.165, 1.54) is 0 Å². The standard InChI is InChI=1S/C15H24ClNO/c1-4-6-14(11-17-9-5-2)18-13-7-8-15(16)12(3)10-13/h7-8,10,14,17H,4-6,9,11H2,1-3H3. The molecule has 0 aliphatic carbocycles. The van der Waals surface area contributed by atoms with Gasteiger partial charge in [-0.15, -0.1) is 0 Å². The fraction of sp³-hybridized carbons (Fsp3) is 0.600. The molecule has 0 heterocycles. The fourth-order valence-electron chi connectivity index (χ4n) is 1.85. The topological polar surface area (TPSA) is 21.3 Å². The van der Waals surface area contributed by atoms with Gasteiger partial charge in [0.05, 0.1) is 0 Å². The number of ether oxygens (including phenoxy) is 1. The summed E-state index contributed by atoms with van der Waals surface area (Å²) in [6.07, 6.45) is 3.59. The minimum atomic E-state index is 0.238. The second kappa shape index (κ2) is 8.39. The molecule has 102 valence electrons. The smallest absolute Gasteiger partial charge is 0.120 e. The molecule has 0 radical (unpaired) electrons.